The Kier molecular flexibility index (Phi) is 6.81. The maximum atomic E-state index is 12.6. The fraction of sp³-hybridized carbons (Fsp3) is 0.222. The van der Waals surface area contributed by atoms with Crippen LogP contribution in [-0.2, 0) is 10.0 Å². The number of benzene rings is 2. The van der Waals surface area contributed by atoms with Gasteiger partial charge in [0.1, 0.15) is 0 Å². The predicted octanol–water partition coefficient (Wildman–Crippen LogP) is 3.83. The van der Waals surface area contributed by atoms with Crippen LogP contribution in [0.3, 0.4) is 0 Å². The molecule has 0 fully saturated rings. The Labute approximate surface area is 162 Å². The number of carbonyl (C=O) groups excluding carboxylic acids is 1. The summed E-state index contributed by atoms with van der Waals surface area (Å²) in [5, 5.41) is 11.8. The first-order valence-corrected chi connectivity index (χ1v) is 10.2. The topological polar surface area (TPSA) is 113 Å². The summed E-state index contributed by atoms with van der Waals surface area (Å²) in [5.41, 5.74) is 0.630. The molecule has 3 N–H and O–H groups in total. The number of rotatable bonds is 8. The molecular weight excluding hydrogens is 392 g/mol. The molecule has 0 atom stereocenters. The predicted molar refractivity (Wildman–Crippen MR) is 105 cm³/mol. The molecule has 0 bridgehead atoms. The third kappa shape index (κ3) is 5.97. The van der Waals surface area contributed by atoms with Crippen molar-refractivity contribution in [3.63, 3.8) is 0 Å². The van der Waals surface area contributed by atoms with Crippen molar-refractivity contribution in [2.75, 3.05) is 15.8 Å². The van der Waals surface area contributed by atoms with Gasteiger partial charge in [-0.3, -0.25) is 9.52 Å². The molecule has 0 spiro atoms. The third-order valence-corrected chi connectivity index (χ3v) is 5.24. The van der Waals surface area contributed by atoms with Crippen molar-refractivity contribution in [2.45, 2.75) is 19.8 Å². The second-order valence-corrected chi connectivity index (χ2v) is 8.08. The minimum atomic E-state index is -3.59. The Morgan fingerprint density at radius 2 is 1.78 bits per heavy atom. The third-order valence-electron chi connectivity index (χ3n) is 3.65. The Morgan fingerprint density at radius 3 is 2.37 bits per heavy atom. The largest absolute Gasteiger partial charge is 0.478 e. The van der Waals surface area contributed by atoms with Gasteiger partial charge in [-0.05, 0) is 48.9 Å². The van der Waals surface area contributed by atoms with Gasteiger partial charge >= 0.3 is 5.97 Å². The lowest BCUT2D eigenvalue weighted by Gasteiger charge is -2.13. The summed E-state index contributed by atoms with van der Waals surface area (Å²) in [4.78, 5) is 23.5. The van der Waals surface area contributed by atoms with Crippen molar-refractivity contribution in [3.05, 3.63) is 58.6 Å². The Morgan fingerprint density at radius 1 is 1.11 bits per heavy atom. The summed E-state index contributed by atoms with van der Waals surface area (Å²) in [7, 11) is -3.59. The Bertz CT molecular complexity index is 943. The van der Waals surface area contributed by atoms with Crippen LogP contribution >= 0.6 is 11.6 Å². The van der Waals surface area contributed by atoms with Crippen molar-refractivity contribution < 1.29 is 23.1 Å². The zero-order valence-electron chi connectivity index (χ0n) is 14.5. The standard InChI is InChI=1S/C18H19ClN2O5S/c1-2-3-10-27(25,26)21-16-9-6-13(19)11-15(16)17(22)20-14-7-4-12(5-8-14)18(23)24/h4-9,11,21H,2-3,10H2,1H3,(H,20,22)(H,23,24). The number of carboxylic acid groups (broad SMARTS) is 1. The highest BCUT2D eigenvalue weighted by Gasteiger charge is 2.17. The smallest absolute Gasteiger partial charge is 0.335 e. The number of amides is 1. The van der Waals surface area contributed by atoms with Gasteiger partial charge in [0.15, 0.2) is 0 Å². The van der Waals surface area contributed by atoms with Crippen LogP contribution in [0.4, 0.5) is 11.4 Å². The highest BCUT2D eigenvalue weighted by atomic mass is 35.5. The molecular formula is C18H19ClN2O5S. The molecule has 0 heterocycles. The number of halogens is 1. The van der Waals surface area contributed by atoms with E-state index in [1.807, 2.05) is 6.92 Å². The van der Waals surface area contributed by atoms with E-state index in [1.165, 1.54) is 42.5 Å². The fourth-order valence-corrected chi connectivity index (χ4v) is 3.70. The molecule has 0 saturated carbocycles. The average Bonchev–Trinajstić information content (AvgIpc) is 2.61. The number of hydrogen-bond acceptors (Lipinski definition) is 4. The van der Waals surface area contributed by atoms with Gasteiger partial charge in [0.2, 0.25) is 10.0 Å². The summed E-state index contributed by atoms with van der Waals surface area (Å²) >= 11 is 5.95. The zero-order chi connectivity index (χ0) is 20.0. The number of anilines is 2. The molecule has 0 aromatic heterocycles. The number of carboxylic acids is 1. The molecule has 7 nitrogen and oxygen atoms in total. The molecule has 0 unspecified atom stereocenters. The van der Waals surface area contributed by atoms with Crippen molar-refractivity contribution in [2.24, 2.45) is 0 Å². The minimum Gasteiger partial charge on any atom is -0.478 e. The first kappa shape index (κ1) is 20.7. The summed E-state index contributed by atoms with van der Waals surface area (Å²) in [6.45, 7) is 1.88. The normalized spacial score (nSPS) is 11.0. The van der Waals surface area contributed by atoms with Crippen LogP contribution < -0.4 is 10.0 Å². The number of unbranched alkanes of at least 4 members (excludes halogenated alkanes) is 1. The molecule has 0 aliphatic carbocycles. The molecule has 2 aromatic carbocycles. The lowest BCUT2D eigenvalue weighted by Crippen LogP contribution is -2.20. The van der Waals surface area contributed by atoms with Gasteiger partial charge in [-0.1, -0.05) is 24.9 Å². The van der Waals surface area contributed by atoms with E-state index in [2.05, 4.69) is 10.0 Å². The van der Waals surface area contributed by atoms with Crippen molar-refractivity contribution in [1.29, 1.82) is 0 Å². The second kappa shape index (κ2) is 8.88. The minimum absolute atomic E-state index is 0.0518. The van der Waals surface area contributed by atoms with Crippen LogP contribution in [0.2, 0.25) is 5.02 Å². The molecule has 2 aromatic rings. The van der Waals surface area contributed by atoms with Gasteiger partial charge in [-0.25, -0.2) is 13.2 Å². The van der Waals surface area contributed by atoms with E-state index in [1.54, 1.807) is 0 Å². The van der Waals surface area contributed by atoms with Crippen LogP contribution in [0.1, 0.15) is 40.5 Å². The van der Waals surface area contributed by atoms with Crippen LogP contribution in [0, 0.1) is 0 Å². The highest BCUT2D eigenvalue weighted by Crippen LogP contribution is 2.23. The van der Waals surface area contributed by atoms with Crippen molar-refractivity contribution in [1.82, 2.24) is 0 Å². The van der Waals surface area contributed by atoms with E-state index in [0.29, 0.717) is 12.1 Å². The van der Waals surface area contributed by atoms with Crippen molar-refractivity contribution >= 4 is 44.9 Å². The summed E-state index contributed by atoms with van der Waals surface area (Å²) in [5.74, 6) is -1.70. The van der Waals surface area contributed by atoms with Crippen LogP contribution in [0.5, 0.6) is 0 Å². The lowest BCUT2D eigenvalue weighted by atomic mass is 10.1. The number of hydrogen-bond donors (Lipinski definition) is 3. The summed E-state index contributed by atoms with van der Waals surface area (Å²) < 4.78 is 26.7. The van der Waals surface area contributed by atoms with Gasteiger partial charge in [0, 0.05) is 10.7 Å². The first-order chi connectivity index (χ1) is 12.7. The van der Waals surface area contributed by atoms with E-state index in [9.17, 15) is 18.0 Å². The van der Waals surface area contributed by atoms with Crippen LogP contribution in [0.25, 0.3) is 0 Å². The van der Waals surface area contributed by atoms with E-state index in [0.717, 1.165) is 6.42 Å². The molecule has 2 rings (SSSR count). The summed E-state index contributed by atoms with van der Waals surface area (Å²) in [6.07, 6.45) is 1.22. The molecule has 0 radical (unpaired) electrons. The van der Waals surface area contributed by atoms with E-state index in [-0.39, 0.29) is 27.6 Å². The molecule has 0 aliphatic rings. The van der Waals surface area contributed by atoms with E-state index >= 15 is 0 Å². The Balaban J connectivity index is 2.24. The fourth-order valence-electron chi connectivity index (χ4n) is 2.24. The molecule has 0 aliphatic heterocycles. The van der Waals surface area contributed by atoms with E-state index < -0.39 is 21.9 Å². The average molecular weight is 411 g/mol. The van der Waals surface area contributed by atoms with Gasteiger partial charge in [0.05, 0.1) is 22.6 Å². The number of aromatic carboxylic acids is 1. The van der Waals surface area contributed by atoms with Gasteiger partial charge in [0.25, 0.3) is 5.91 Å². The summed E-state index contributed by atoms with van der Waals surface area (Å²) in [6, 6.07) is 9.86. The van der Waals surface area contributed by atoms with Crippen LogP contribution in [0.15, 0.2) is 42.5 Å². The molecule has 27 heavy (non-hydrogen) atoms. The van der Waals surface area contributed by atoms with Crippen molar-refractivity contribution in [3.8, 4) is 0 Å². The molecule has 0 saturated heterocycles. The monoisotopic (exact) mass is 410 g/mol. The highest BCUT2D eigenvalue weighted by molar-refractivity contribution is 7.92. The SMILES string of the molecule is CCCCS(=O)(=O)Nc1ccc(Cl)cc1C(=O)Nc1ccc(C(=O)O)cc1. The van der Waals surface area contributed by atoms with Gasteiger partial charge in [-0.2, -0.15) is 0 Å². The number of carbonyl (C=O) groups is 2. The number of nitrogens with one attached hydrogen (secondary N) is 2. The lowest BCUT2D eigenvalue weighted by molar-refractivity contribution is 0.0696. The number of sulfonamides is 1. The zero-order valence-corrected chi connectivity index (χ0v) is 16.1. The molecule has 144 valence electrons. The maximum Gasteiger partial charge on any atom is 0.335 e. The maximum absolute atomic E-state index is 12.6. The molecule has 1 amide bonds. The Hall–Kier alpha value is -2.58. The van der Waals surface area contributed by atoms with Gasteiger partial charge < -0.3 is 10.4 Å². The molecule has 9 heteroatoms. The second-order valence-electron chi connectivity index (χ2n) is 5.80. The first-order valence-electron chi connectivity index (χ1n) is 8.16. The van der Waals surface area contributed by atoms with Gasteiger partial charge in [-0.15, -0.1) is 0 Å². The quantitative estimate of drug-likeness (QED) is 0.612. The van der Waals surface area contributed by atoms with Crippen LogP contribution in [-0.4, -0.2) is 31.2 Å². The van der Waals surface area contributed by atoms with E-state index in [4.69, 9.17) is 16.7 Å².